The predicted octanol–water partition coefficient (Wildman–Crippen LogP) is 0.668. The van der Waals surface area contributed by atoms with Crippen molar-refractivity contribution in [2.24, 2.45) is 0 Å². The highest BCUT2D eigenvalue weighted by Gasteiger charge is 2.27. The van der Waals surface area contributed by atoms with Gasteiger partial charge in [0.05, 0.1) is 6.10 Å². The monoisotopic (exact) mass is 185 g/mol. The number of aliphatic hydroxyl groups is 1. The van der Waals surface area contributed by atoms with Gasteiger partial charge >= 0.3 is 0 Å². The van der Waals surface area contributed by atoms with Crippen molar-refractivity contribution >= 4 is 0 Å². The molecule has 3 heteroatoms. The molecule has 0 radical (unpaired) electrons. The first-order valence-corrected chi connectivity index (χ1v) is 5.38. The van der Waals surface area contributed by atoms with Crippen LogP contribution in [0.3, 0.4) is 0 Å². The van der Waals surface area contributed by atoms with Gasteiger partial charge in [0.25, 0.3) is 0 Å². The summed E-state index contributed by atoms with van der Waals surface area (Å²) < 4.78 is 5.29. The zero-order chi connectivity index (χ0) is 9.10. The van der Waals surface area contributed by atoms with Crippen molar-refractivity contribution in [1.29, 1.82) is 0 Å². The fraction of sp³-hybridized carbons (Fsp3) is 1.00. The van der Waals surface area contributed by atoms with Crippen LogP contribution in [0, 0.1) is 0 Å². The molecule has 0 aromatic rings. The van der Waals surface area contributed by atoms with Crippen molar-refractivity contribution in [3.8, 4) is 0 Å². The van der Waals surface area contributed by atoms with Gasteiger partial charge in [-0.25, -0.2) is 0 Å². The second-order valence-electron chi connectivity index (χ2n) is 4.16. The van der Waals surface area contributed by atoms with Crippen molar-refractivity contribution in [2.75, 3.05) is 13.2 Å². The number of rotatable bonds is 2. The molecule has 0 spiro atoms. The second kappa shape index (κ2) is 4.40. The Hall–Kier alpha value is -0.120. The molecule has 2 rings (SSSR count). The lowest BCUT2D eigenvalue weighted by molar-refractivity contribution is 0.0655. The van der Waals surface area contributed by atoms with Gasteiger partial charge in [-0.1, -0.05) is 0 Å². The van der Waals surface area contributed by atoms with Gasteiger partial charge < -0.3 is 15.2 Å². The fourth-order valence-electron chi connectivity index (χ4n) is 2.30. The molecule has 3 nitrogen and oxygen atoms in total. The van der Waals surface area contributed by atoms with Crippen LogP contribution in [-0.2, 0) is 4.74 Å². The molecule has 1 saturated heterocycles. The molecule has 1 saturated carbocycles. The highest BCUT2D eigenvalue weighted by atomic mass is 16.5. The molecule has 1 heterocycles. The van der Waals surface area contributed by atoms with E-state index in [1.165, 1.54) is 6.42 Å². The Labute approximate surface area is 79.5 Å². The van der Waals surface area contributed by atoms with Gasteiger partial charge in [-0.3, -0.25) is 0 Å². The molecule has 2 aliphatic rings. The summed E-state index contributed by atoms with van der Waals surface area (Å²) in [6.45, 7) is 1.75. The van der Waals surface area contributed by atoms with Crippen LogP contribution in [-0.4, -0.2) is 36.5 Å². The summed E-state index contributed by atoms with van der Waals surface area (Å²) in [6.07, 6.45) is 5.37. The summed E-state index contributed by atoms with van der Waals surface area (Å²) in [6, 6.07) is 0.926. The molecule has 2 atom stereocenters. The molecule has 1 aliphatic heterocycles. The molecule has 13 heavy (non-hydrogen) atoms. The molecule has 2 fully saturated rings. The third kappa shape index (κ3) is 2.42. The van der Waals surface area contributed by atoms with Crippen LogP contribution in [0.25, 0.3) is 0 Å². The number of nitrogens with one attached hydrogen (secondary N) is 1. The van der Waals surface area contributed by atoms with E-state index in [-0.39, 0.29) is 6.10 Å². The zero-order valence-corrected chi connectivity index (χ0v) is 8.04. The minimum Gasteiger partial charge on any atom is -0.392 e. The average Bonchev–Trinajstić information content (AvgIpc) is 2.54. The van der Waals surface area contributed by atoms with E-state index < -0.39 is 0 Å². The highest BCUT2D eigenvalue weighted by Crippen LogP contribution is 2.20. The summed E-state index contributed by atoms with van der Waals surface area (Å²) in [4.78, 5) is 0. The van der Waals surface area contributed by atoms with E-state index in [9.17, 15) is 5.11 Å². The third-order valence-electron chi connectivity index (χ3n) is 3.15. The van der Waals surface area contributed by atoms with Crippen LogP contribution in [0.4, 0.5) is 0 Å². The normalized spacial score (nSPS) is 36.7. The quantitative estimate of drug-likeness (QED) is 0.664. The number of hydrogen-bond acceptors (Lipinski definition) is 3. The molecule has 2 N–H and O–H groups in total. The Morgan fingerprint density at radius 1 is 1.08 bits per heavy atom. The van der Waals surface area contributed by atoms with Gasteiger partial charge in [-0.15, -0.1) is 0 Å². The highest BCUT2D eigenvalue weighted by molar-refractivity contribution is 4.86. The largest absolute Gasteiger partial charge is 0.392 e. The summed E-state index contributed by atoms with van der Waals surface area (Å²) >= 11 is 0. The Morgan fingerprint density at radius 3 is 2.46 bits per heavy atom. The molecular formula is C10H19NO2. The van der Waals surface area contributed by atoms with E-state index in [2.05, 4.69) is 5.32 Å². The molecular weight excluding hydrogens is 166 g/mol. The van der Waals surface area contributed by atoms with E-state index in [0.717, 1.165) is 38.9 Å². The van der Waals surface area contributed by atoms with E-state index in [0.29, 0.717) is 12.1 Å². The van der Waals surface area contributed by atoms with Crippen LogP contribution in [0.15, 0.2) is 0 Å². The SMILES string of the molecule is OC1CCCC1NC1CCOCC1. The summed E-state index contributed by atoms with van der Waals surface area (Å²) in [7, 11) is 0. The third-order valence-corrected chi connectivity index (χ3v) is 3.15. The fourth-order valence-corrected chi connectivity index (χ4v) is 2.30. The van der Waals surface area contributed by atoms with Gasteiger partial charge in [-0.2, -0.15) is 0 Å². The van der Waals surface area contributed by atoms with Gasteiger partial charge in [0, 0.05) is 25.3 Å². The summed E-state index contributed by atoms with van der Waals surface area (Å²) in [5.74, 6) is 0. The molecule has 0 aromatic carbocycles. The Kier molecular flexibility index (Phi) is 3.19. The van der Waals surface area contributed by atoms with Crippen molar-refractivity contribution < 1.29 is 9.84 Å². The van der Waals surface area contributed by atoms with Crippen molar-refractivity contribution in [3.63, 3.8) is 0 Å². The molecule has 0 bridgehead atoms. The first-order valence-electron chi connectivity index (χ1n) is 5.38. The molecule has 0 amide bonds. The minimum atomic E-state index is -0.108. The lowest BCUT2D eigenvalue weighted by atomic mass is 10.1. The van der Waals surface area contributed by atoms with E-state index in [1.807, 2.05) is 0 Å². The zero-order valence-electron chi connectivity index (χ0n) is 8.04. The topological polar surface area (TPSA) is 41.5 Å². The van der Waals surface area contributed by atoms with Crippen LogP contribution in [0.1, 0.15) is 32.1 Å². The van der Waals surface area contributed by atoms with Crippen LogP contribution >= 0.6 is 0 Å². The maximum absolute atomic E-state index is 9.63. The van der Waals surface area contributed by atoms with Crippen molar-refractivity contribution in [1.82, 2.24) is 5.32 Å². The van der Waals surface area contributed by atoms with Crippen LogP contribution < -0.4 is 5.32 Å². The van der Waals surface area contributed by atoms with Gasteiger partial charge in [0.15, 0.2) is 0 Å². The minimum absolute atomic E-state index is 0.108. The Balaban J connectivity index is 1.75. The average molecular weight is 185 g/mol. The maximum atomic E-state index is 9.63. The first kappa shape index (κ1) is 9.44. The van der Waals surface area contributed by atoms with Gasteiger partial charge in [0.1, 0.15) is 0 Å². The van der Waals surface area contributed by atoms with E-state index >= 15 is 0 Å². The lowest BCUT2D eigenvalue weighted by Crippen LogP contribution is -2.44. The van der Waals surface area contributed by atoms with Crippen LogP contribution in [0.2, 0.25) is 0 Å². The van der Waals surface area contributed by atoms with Gasteiger partial charge in [-0.05, 0) is 32.1 Å². The molecule has 2 unspecified atom stereocenters. The Morgan fingerprint density at radius 2 is 1.85 bits per heavy atom. The van der Waals surface area contributed by atoms with Crippen LogP contribution in [0.5, 0.6) is 0 Å². The Bertz CT molecular complexity index is 157. The lowest BCUT2D eigenvalue weighted by Gasteiger charge is -2.27. The van der Waals surface area contributed by atoms with Crippen molar-refractivity contribution in [2.45, 2.75) is 50.3 Å². The number of ether oxygens (including phenoxy) is 1. The summed E-state index contributed by atoms with van der Waals surface area (Å²) in [5, 5.41) is 13.2. The smallest absolute Gasteiger partial charge is 0.0693 e. The maximum Gasteiger partial charge on any atom is 0.0693 e. The standard InChI is InChI=1S/C10H19NO2/c12-10-3-1-2-9(10)11-8-4-6-13-7-5-8/h8-12H,1-7H2. The van der Waals surface area contributed by atoms with Gasteiger partial charge in [0.2, 0.25) is 0 Å². The number of aliphatic hydroxyl groups excluding tert-OH is 1. The molecule has 1 aliphatic carbocycles. The van der Waals surface area contributed by atoms with Crippen molar-refractivity contribution in [3.05, 3.63) is 0 Å². The second-order valence-corrected chi connectivity index (χ2v) is 4.16. The molecule has 0 aromatic heterocycles. The first-order chi connectivity index (χ1) is 6.36. The predicted molar refractivity (Wildman–Crippen MR) is 50.6 cm³/mol. The number of hydrogen-bond donors (Lipinski definition) is 2. The van der Waals surface area contributed by atoms with E-state index in [4.69, 9.17) is 4.74 Å². The summed E-state index contributed by atoms with van der Waals surface area (Å²) in [5.41, 5.74) is 0. The van der Waals surface area contributed by atoms with E-state index in [1.54, 1.807) is 0 Å². The molecule has 76 valence electrons.